The largest absolute Gasteiger partial charge is 0.489 e. The molecule has 10 nitrogen and oxygen atoms in total. The Morgan fingerprint density at radius 1 is 1.00 bits per heavy atom. The predicted octanol–water partition coefficient (Wildman–Crippen LogP) is 6.68. The molecule has 0 amide bonds. The second-order valence-electron chi connectivity index (χ2n) is 9.21. The lowest BCUT2D eigenvalue weighted by Gasteiger charge is -2.26. The molecule has 0 spiro atoms. The molecule has 0 aromatic heterocycles. The minimum absolute atomic E-state index is 0.0618. The Morgan fingerprint density at radius 2 is 1.74 bits per heavy atom. The summed E-state index contributed by atoms with van der Waals surface area (Å²) in [6.45, 7) is -0.328. The average Bonchev–Trinajstić information content (AvgIpc) is 2.99. The second-order valence-corrected chi connectivity index (χ2v) is 10.0. The molecule has 1 atom stereocenters. The van der Waals surface area contributed by atoms with E-state index in [2.05, 4.69) is 6.07 Å². The summed E-state index contributed by atoms with van der Waals surface area (Å²) in [6.07, 6.45) is 0. The van der Waals surface area contributed by atoms with Gasteiger partial charge in [-0.1, -0.05) is 59.6 Å². The van der Waals surface area contributed by atoms with E-state index in [1.54, 1.807) is 48.5 Å². The molecule has 1 heterocycles. The van der Waals surface area contributed by atoms with Crippen LogP contribution in [0.4, 0.5) is 5.69 Å². The standard InChI is InChI=1S/C31H21Cl2N3O7/c32-20-8-5-19(25(33)13-20)16-40-21-9-6-18(7-10-21)30-23-12-11-22(14-28(23)43-31(35)24(30)15-34)42-29(37)17-41-27-4-2-1-3-26(27)36(38)39/h1-14,30H,16-17,35H2. The van der Waals surface area contributed by atoms with E-state index in [0.29, 0.717) is 27.1 Å². The number of nitriles is 1. The van der Waals surface area contributed by atoms with Crippen LogP contribution in [0.2, 0.25) is 10.0 Å². The fourth-order valence-electron chi connectivity index (χ4n) is 4.43. The van der Waals surface area contributed by atoms with Gasteiger partial charge >= 0.3 is 11.7 Å². The molecule has 0 aliphatic carbocycles. The summed E-state index contributed by atoms with van der Waals surface area (Å²) in [5, 5.41) is 22.1. The summed E-state index contributed by atoms with van der Waals surface area (Å²) in [5.74, 6) is -0.477. The van der Waals surface area contributed by atoms with E-state index < -0.39 is 23.4 Å². The lowest BCUT2D eigenvalue weighted by molar-refractivity contribution is -0.385. The Hall–Kier alpha value is -5.24. The number of nitrogens with zero attached hydrogens (tertiary/aromatic N) is 2. The smallest absolute Gasteiger partial charge is 0.349 e. The van der Waals surface area contributed by atoms with E-state index in [1.807, 2.05) is 12.1 Å². The van der Waals surface area contributed by atoms with E-state index in [9.17, 15) is 20.2 Å². The van der Waals surface area contributed by atoms with Crippen LogP contribution in [0.15, 0.2) is 96.4 Å². The number of rotatable bonds is 9. The van der Waals surface area contributed by atoms with E-state index in [1.165, 1.54) is 24.3 Å². The van der Waals surface area contributed by atoms with Gasteiger partial charge in [0, 0.05) is 33.3 Å². The molecule has 1 aliphatic heterocycles. The maximum absolute atomic E-state index is 12.4. The highest BCUT2D eigenvalue weighted by Gasteiger charge is 2.31. The van der Waals surface area contributed by atoms with Gasteiger partial charge in [-0.15, -0.1) is 0 Å². The lowest BCUT2D eigenvalue weighted by Crippen LogP contribution is -2.21. The van der Waals surface area contributed by atoms with Crippen molar-refractivity contribution < 1.29 is 28.7 Å². The second kappa shape index (κ2) is 12.7. The molecule has 2 N–H and O–H groups in total. The molecule has 43 heavy (non-hydrogen) atoms. The number of allylic oxidation sites excluding steroid dienone is 1. The van der Waals surface area contributed by atoms with Gasteiger partial charge in [-0.25, -0.2) is 4.79 Å². The third kappa shape index (κ3) is 6.64. The summed E-state index contributed by atoms with van der Waals surface area (Å²) in [5.41, 5.74) is 8.21. The highest BCUT2D eigenvalue weighted by Crippen LogP contribution is 2.43. The van der Waals surface area contributed by atoms with Gasteiger partial charge in [0.1, 0.15) is 35.5 Å². The number of ether oxygens (including phenoxy) is 4. The van der Waals surface area contributed by atoms with Gasteiger partial charge in [-0.05, 0) is 42.0 Å². The number of carbonyl (C=O) groups is 1. The van der Waals surface area contributed by atoms with Crippen molar-refractivity contribution in [3.8, 4) is 29.1 Å². The van der Waals surface area contributed by atoms with Gasteiger partial charge in [-0.2, -0.15) is 5.26 Å². The molecule has 4 aromatic rings. The summed E-state index contributed by atoms with van der Waals surface area (Å²) in [6, 6.07) is 24.8. The van der Waals surface area contributed by atoms with Crippen molar-refractivity contribution in [2.75, 3.05) is 6.61 Å². The van der Waals surface area contributed by atoms with Crippen LogP contribution in [-0.2, 0) is 11.4 Å². The molecule has 5 rings (SSSR count). The molecular weight excluding hydrogens is 597 g/mol. The number of halogens is 2. The SMILES string of the molecule is N#CC1=C(N)Oc2cc(OC(=O)COc3ccccc3[N+](=O)[O-])ccc2C1c1ccc(OCc2ccc(Cl)cc2Cl)cc1. The molecule has 1 unspecified atom stereocenters. The van der Waals surface area contributed by atoms with Crippen LogP contribution >= 0.6 is 23.2 Å². The third-order valence-electron chi connectivity index (χ3n) is 6.45. The first-order valence-electron chi connectivity index (χ1n) is 12.7. The van der Waals surface area contributed by atoms with Crippen molar-refractivity contribution in [2.45, 2.75) is 12.5 Å². The molecule has 0 bridgehead atoms. The lowest BCUT2D eigenvalue weighted by atomic mass is 9.83. The molecule has 12 heteroatoms. The average molecular weight is 618 g/mol. The van der Waals surface area contributed by atoms with Crippen molar-refractivity contribution in [3.63, 3.8) is 0 Å². The van der Waals surface area contributed by atoms with E-state index in [-0.39, 0.29) is 35.2 Å². The topological polar surface area (TPSA) is 147 Å². The summed E-state index contributed by atoms with van der Waals surface area (Å²) < 4.78 is 22.2. The quantitative estimate of drug-likeness (QED) is 0.0939. The summed E-state index contributed by atoms with van der Waals surface area (Å²) in [4.78, 5) is 23.0. The number of hydrogen-bond acceptors (Lipinski definition) is 9. The number of para-hydroxylation sites is 2. The molecule has 0 saturated heterocycles. The van der Waals surface area contributed by atoms with Gasteiger partial charge in [0.25, 0.3) is 0 Å². The molecular formula is C31H21Cl2N3O7. The highest BCUT2D eigenvalue weighted by atomic mass is 35.5. The number of nitro groups is 1. The number of nitro benzene ring substituents is 1. The Bertz CT molecular complexity index is 1790. The first-order valence-corrected chi connectivity index (χ1v) is 13.4. The maximum atomic E-state index is 12.4. The zero-order chi connectivity index (χ0) is 30.5. The van der Waals surface area contributed by atoms with E-state index in [0.717, 1.165) is 11.1 Å². The number of esters is 1. The Balaban J connectivity index is 1.30. The Kier molecular flexibility index (Phi) is 8.66. The molecule has 0 radical (unpaired) electrons. The van der Waals surface area contributed by atoms with Gasteiger partial charge in [0.15, 0.2) is 12.4 Å². The zero-order valence-electron chi connectivity index (χ0n) is 22.2. The fraction of sp³-hybridized carbons (Fsp3) is 0.0968. The number of nitrogens with two attached hydrogens (primary N) is 1. The number of fused-ring (bicyclic) bond motifs is 1. The minimum atomic E-state index is -0.790. The number of hydrogen-bond donors (Lipinski definition) is 1. The summed E-state index contributed by atoms with van der Waals surface area (Å²) >= 11 is 12.2. The maximum Gasteiger partial charge on any atom is 0.349 e. The van der Waals surface area contributed by atoms with Crippen LogP contribution in [0.3, 0.4) is 0 Å². The van der Waals surface area contributed by atoms with Gasteiger partial charge < -0.3 is 24.7 Å². The number of carbonyl (C=O) groups excluding carboxylic acids is 1. The van der Waals surface area contributed by atoms with Crippen molar-refractivity contribution >= 4 is 34.9 Å². The van der Waals surface area contributed by atoms with Crippen molar-refractivity contribution in [1.29, 1.82) is 5.26 Å². The first-order chi connectivity index (χ1) is 20.7. The van der Waals surface area contributed by atoms with Crippen LogP contribution in [-0.4, -0.2) is 17.5 Å². The van der Waals surface area contributed by atoms with Gasteiger partial charge in [0.05, 0.1) is 10.8 Å². The summed E-state index contributed by atoms with van der Waals surface area (Å²) in [7, 11) is 0. The fourth-order valence-corrected chi connectivity index (χ4v) is 4.89. The Labute approximate surface area is 255 Å². The van der Waals surface area contributed by atoms with E-state index >= 15 is 0 Å². The monoisotopic (exact) mass is 617 g/mol. The van der Waals surface area contributed by atoms with Crippen molar-refractivity contribution in [2.24, 2.45) is 5.73 Å². The van der Waals surface area contributed by atoms with Crippen LogP contribution in [0.25, 0.3) is 0 Å². The van der Waals surface area contributed by atoms with Crippen LogP contribution < -0.4 is 24.7 Å². The van der Waals surface area contributed by atoms with Gasteiger partial charge in [-0.3, -0.25) is 10.1 Å². The van der Waals surface area contributed by atoms with Crippen LogP contribution in [0.1, 0.15) is 22.6 Å². The van der Waals surface area contributed by atoms with Crippen molar-refractivity contribution in [1.82, 2.24) is 0 Å². The van der Waals surface area contributed by atoms with Gasteiger partial charge in [0.2, 0.25) is 5.88 Å². The molecule has 1 aliphatic rings. The normalized spacial score (nSPS) is 13.7. The number of benzene rings is 4. The van der Waals surface area contributed by atoms with Crippen LogP contribution in [0, 0.1) is 21.4 Å². The Morgan fingerprint density at radius 3 is 2.47 bits per heavy atom. The van der Waals surface area contributed by atoms with E-state index in [4.69, 9.17) is 47.9 Å². The zero-order valence-corrected chi connectivity index (χ0v) is 23.7. The molecule has 4 aromatic carbocycles. The molecule has 0 saturated carbocycles. The molecule has 0 fully saturated rings. The highest BCUT2D eigenvalue weighted by molar-refractivity contribution is 6.35. The molecule has 216 valence electrons. The minimum Gasteiger partial charge on any atom is -0.489 e. The predicted molar refractivity (Wildman–Crippen MR) is 157 cm³/mol. The van der Waals surface area contributed by atoms with Crippen molar-refractivity contribution in [3.05, 3.63) is 133 Å². The van der Waals surface area contributed by atoms with Crippen LogP contribution in [0.5, 0.6) is 23.0 Å². The third-order valence-corrected chi connectivity index (χ3v) is 7.04. The first kappa shape index (κ1) is 29.3.